The topological polar surface area (TPSA) is 105 Å². The van der Waals surface area contributed by atoms with E-state index in [1.807, 2.05) is 20.8 Å². The fraction of sp³-hybridized carbons (Fsp3) is 0.533. The summed E-state index contributed by atoms with van der Waals surface area (Å²) in [4.78, 5) is 11.0. The van der Waals surface area contributed by atoms with E-state index in [9.17, 15) is 13.2 Å². The molecule has 1 rings (SSSR count). The van der Waals surface area contributed by atoms with Gasteiger partial charge in [-0.3, -0.25) is 0 Å². The molecule has 3 N–H and O–H groups in total. The fourth-order valence-electron chi connectivity index (χ4n) is 1.89. The highest BCUT2D eigenvalue weighted by Crippen LogP contribution is 2.22. The molecule has 23 heavy (non-hydrogen) atoms. The van der Waals surface area contributed by atoms with Gasteiger partial charge in [-0.25, -0.2) is 17.9 Å². The summed E-state index contributed by atoms with van der Waals surface area (Å²) < 4.78 is 32.7. The third-order valence-electron chi connectivity index (χ3n) is 2.95. The average molecular weight is 344 g/mol. The lowest BCUT2D eigenvalue weighted by Gasteiger charge is -2.13. The van der Waals surface area contributed by atoms with Gasteiger partial charge in [-0.2, -0.15) is 0 Å². The van der Waals surface area contributed by atoms with Crippen LogP contribution in [0.3, 0.4) is 0 Å². The van der Waals surface area contributed by atoms with E-state index < -0.39 is 16.0 Å². The number of hydrogen-bond donors (Lipinski definition) is 3. The number of aromatic carboxylic acids is 1. The minimum Gasteiger partial charge on any atom is -0.478 e. The van der Waals surface area contributed by atoms with E-state index in [0.717, 1.165) is 6.07 Å². The number of sulfonamides is 1. The molecule has 8 heteroatoms. The summed E-state index contributed by atoms with van der Waals surface area (Å²) >= 11 is 0. The summed E-state index contributed by atoms with van der Waals surface area (Å²) in [5, 5.41) is 12.0. The third-order valence-corrected chi connectivity index (χ3v) is 4.45. The normalized spacial score (nSPS) is 11.7. The zero-order valence-corrected chi connectivity index (χ0v) is 14.4. The average Bonchev–Trinajstić information content (AvgIpc) is 2.46. The number of ether oxygens (including phenoxy) is 1. The van der Waals surface area contributed by atoms with Gasteiger partial charge in [-0.15, -0.1) is 0 Å². The Kier molecular flexibility index (Phi) is 7.47. The molecule has 1 aromatic carbocycles. The summed E-state index contributed by atoms with van der Waals surface area (Å²) in [7, 11) is -3.80. The van der Waals surface area contributed by atoms with Gasteiger partial charge in [0.15, 0.2) is 0 Å². The van der Waals surface area contributed by atoms with Gasteiger partial charge in [0, 0.05) is 19.7 Å². The number of nitrogens with one attached hydrogen (secondary N) is 2. The van der Waals surface area contributed by atoms with E-state index in [2.05, 4.69) is 10.0 Å². The van der Waals surface area contributed by atoms with Crippen LogP contribution in [0.4, 0.5) is 5.69 Å². The number of carbonyl (C=O) groups is 1. The fourth-order valence-corrected chi connectivity index (χ4v) is 3.17. The predicted molar refractivity (Wildman–Crippen MR) is 88.5 cm³/mol. The van der Waals surface area contributed by atoms with E-state index in [1.54, 1.807) is 0 Å². The van der Waals surface area contributed by atoms with Crippen LogP contribution >= 0.6 is 0 Å². The van der Waals surface area contributed by atoms with Gasteiger partial charge in [0.2, 0.25) is 10.0 Å². The minimum absolute atomic E-state index is 0.0657. The van der Waals surface area contributed by atoms with Gasteiger partial charge < -0.3 is 15.2 Å². The lowest BCUT2D eigenvalue weighted by Crippen LogP contribution is -2.27. The number of benzene rings is 1. The third kappa shape index (κ3) is 6.17. The molecule has 130 valence electrons. The van der Waals surface area contributed by atoms with Gasteiger partial charge in [0.25, 0.3) is 0 Å². The number of hydrogen-bond acceptors (Lipinski definition) is 5. The van der Waals surface area contributed by atoms with Gasteiger partial charge in [0.05, 0.1) is 17.4 Å². The second kappa shape index (κ2) is 8.85. The molecule has 0 bridgehead atoms. The van der Waals surface area contributed by atoms with E-state index in [0.29, 0.717) is 25.3 Å². The van der Waals surface area contributed by atoms with Crippen molar-refractivity contribution in [1.29, 1.82) is 0 Å². The molecule has 0 radical (unpaired) electrons. The van der Waals surface area contributed by atoms with Crippen molar-refractivity contribution in [3.05, 3.63) is 23.8 Å². The largest absolute Gasteiger partial charge is 0.478 e. The summed E-state index contributed by atoms with van der Waals surface area (Å²) in [6, 6.07) is 3.99. The Balaban J connectivity index is 2.87. The quantitative estimate of drug-likeness (QED) is 0.560. The Bertz CT molecular complexity index is 629. The standard InChI is InChI=1S/C15H24N2O5S/c1-4-16-13-7-6-12(15(18)19)10-14(13)23(20,21)17-8-5-9-22-11(2)3/h6-7,10-11,16-17H,4-5,8-9H2,1-3H3,(H,18,19). The van der Waals surface area contributed by atoms with Crippen LogP contribution in [0.25, 0.3) is 0 Å². The summed E-state index contributed by atoms with van der Waals surface area (Å²) in [5.41, 5.74) is 0.304. The first-order chi connectivity index (χ1) is 10.8. The molecular weight excluding hydrogens is 320 g/mol. The molecule has 0 fully saturated rings. The Labute approximate surface area is 137 Å². The summed E-state index contributed by atoms with van der Waals surface area (Å²) in [5.74, 6) is -1.17. The van der Waals surface area contributed by atoms with Crippen LogP contribution in [-0.2, 0) is 14.8 Å². The molecule has 0 spiro atoms. The van der Waals surface area contributed by atoms with Crippen LogP contribution in [0.2, 0.25) is 0 Å². The first-order valence-electron chi connectivity index (χ1n) is 7.50. The van der Waals surface area contributed by atoms with Crippen LogP contribution in [0.1, 0.15) is 37.6 Å². The number of anilines is 1. The highest BCUT2D eigenvalue weighted by Gasteiger charge is 2.20. The van der Waals surface area contributed by atoms with E-state index in [4.69, 9.17) is 9.84 Å². The van der Waals surface area contributed by atoms with Crippen molar-refractivity contribution in [2.75, 3.05) is 25.0 Å². The van der Waals surface area contributed by atoms with Crippen molar-refractivity contribution in [3.63, 3.8) is 0 Å². The number of rotatable bonds is 10. The smallest absolute Gasteiger partial charge is 0.335 e. The highest BCUT2D eigenvalue weighted by atomic mass is 32.2. The molecule has 0 aliphatic heterocycles. The molecule has 0 aromatic heterocycles. The highest BCUT2D eigenvalue weighted by molar-refractivity contribution is 7.89. The van der Waals surface area contributed by atoms with Crippen LogP contribution < -0.4 is 10.0 Å². The molecule has 0 saturated carbocycles. The maximum atomic E-state index is 12.4. The van der Waals surface area contributed by atoms with Crippen LogP contribution in [0, 0.1) is 0 Å². The number of carboxylic acids is 1. The number of carboxylic acid groups (broad SMARTS) is 1. The molecule has 0 amide bonds. The Morgan fingerprint density at radius 2 is 2.04 bits per heavy atom. The first kappa shape index (κ1) is 19.4. The van der Waals surface area contributed by atoms with Crippen LogP contribution in [-0.4, -0.2) is 45.3 Å². The van der Waals surface area contributed by atoms with Gasteiger partial charge in [0.1, 0.15) is 4.90 Å². The molecule has 0 unspecified atom stereocenters. The Morgan fingerprint density at radius 3 is 2.61 bits per heavy atom. The van der Waals surface area contributed by atoms with Crippen molar-refractivity contribution < 1.29 is 23.1 Å². The second-order valence-electron chi connectivity index (χ2n) is 5.22. The SMILES string of the molecule is CCNc1ccc(C(=O)O)cc1S(=O)(=O)NCCCOC(C)C. The van der Waals surface area contributed by atoms with Gasteiger partial charge in [-0.1, -0.05) is 0 Å². The molecular formula is C15H24N2O5S. The first-order valence-corrected chi connectivity index (χ1v) is 8.98. The van der Waals surface area contributed by atoms with Crippen molar-refractivity contribution in [1.82, 2.24) is 4.72 Å². The molecule has 7 nitrogen and oxygen atoms in total. The molecule has 0 heterocycles. The zero-order valence-electron chi connectivity index (χ0n) is 13.6. The molecule has 1 aromatic rings. The zero-order chi connectivity index (χ0) is 17.5. The lowest BCUT2D eigenvalue weighted by molar-refractivity contribution is 0.0696. The van der Waals surface area contributed by atoms with E-state index >= 15 is 0 Å². The van der Waals surface area contributed by atoms with Crippen molar-refractivity contribution >= 4 is 21.7 Å². The Morgan fingerprint density at radius 1 is 1.35 bits per heavy atom. The lowest BCUT2D eigenvalue weighted by atomic mass is 10.2. The Hall–Kier alpha value is -1.64. The van der Waals surface area contributed by atoms with Gasteiger partial charge >= 0.3 is 5.97 Å². The van der Waals surface area contributed by atoms with Crippen LogP contribution in [0.5, 0.6) is 0 Å². The van der Waals surface area contributed by atoms with E-state index in [-0.39, 0.29) is 23.1 Å². The maximum absolute atomic E-state index is 12.4. The maximum Gasteiger partial charge on any atom is 0.335 e. The second-order valence-corrected chi connectivity index (χ2v) is 6.95. The molecule has 0 atom stereocenters. The monoisotopic (exact) mass is 344 g/mol. The van der Waals surface area contributed by atoms with Crippen molar-refractivity contribution in [2.24, 2.45) is 0 Å². The van der Waals surface area contributed by atoms with Crippen molar-refractivity contribution in [2.45, 2.75) is 38.2 Å². The van der Waals surface area contributed by atoms with Gasteiger partial charge in [-0.05, 0) is 45.4 Å². The van der Waals surface area contributed by atoms with Crippen LogP contribution in [0.15, 0.2) is 23.1 Å². The van der Waals surface area contributed by atoms with Crippen molar-refractivity contribution in [3.8, 4) is 0 Å². The predicted octanol–water partition coefficient (Wildman–Crippen LogP) is 1.91. The summed E-state index contributed by atoms with van der Waals surface area (Å²) in [6.07, 6.45) is 0.631. The summed E-state index contributed by atoms with van der Waals surface area (Å²) in [6.45, 7) is 6.84. The van der Waals surface area contributed by atoms with E-state index in [1.165, 1.54) is 12.1 Å². The minimum atomic E-state index is -3.80. The molecule has 0 aliphatic carbocycles. The molecule has 0 aliphatic rings. The molecule has 0 saturated heterocycles.